The molecule has 1 aromatic rings. The molecule has 1 N–H and O–H groups in total. The van der Waals surface area contributed by atoms with Gasteiger partial charge in [-0.15, -0.1) is 0 Å². The standard InChI is InChI=1S/C15H24N2O/c1-12(2)17-9-4-7-15(18,8-10-17)14-6-5-13(3)16-11-14/h5-6,11-12,18H,4,7-10H2,1-3H3. The fourth-order valence-electron chi connectivity index (χ4n) is 2.69. The Morgan fingerprint density at radius 2 is 2.06 bits per heavy atom. The lowest BCUT2D eigenvalue weighted by atomic mass is 9.88. The minimum absolute atomic E-state index is 0.559. The molecule has 0 aliphatic carbocycles. The molecule has 1 fully saturated rings. The quantitative estimate of drug-likeness (QED) is 0.873. The summed E-state index contributed by atoms with van der Waals surface area (Å²) in [7, 11) is 0. The molecule has 1 aliphatic heterocycles. The van der Waals surface area contributed by atoms with E-state index in [4.69, 9.17) is 0 Å². The first-order valence-corrected chi connectivity index (χ1v) is 6.91. The molecule has 18 heavy (non-hydrogen) atoms. The molecule has 0 aromatic carbocycles. The third-order valence-electron chi connectivity index (χ3n) is 4.03. The molecule has 1 atom stereocenters. The van der Waals surface area contributed by atoms with Crippen molar-refractivity contribution >= 4 is 0 Å². The highest BCUT2D eigenvalue weighted by Crippen LogP contribution is 2.32. The van der Waals surface area contributed by atoms with E-state index in [1.807, 2.05) is 25.3 Å². The number of rotatable bonds is 2. The van der Waals surface area contributed by atoms with E-state index < -0.39 is 5.60 Å². The van der Waals surface area contributed by atoms with Crippen LogP contribution in [0.15, 0.2) is 18.3 Å². The maximum absolute atomic E-state index is 10.8. The summed E-state index contributed by atoms with van der Waals surface area (Å²) < 4.78 is 0. The Bertz CT molecular complexity index is 388. The fourth-order valence-corrected chi connectivity index (χ4v) is 2.69. The van der Waals surface area contributed by atoms with Crippen LogP contribution < -0.4 is 0 Å². The van der Waals surface area contributed by atoms with Gasteiger partial charge in [-0.2, -0.15) is 0 Å². The Kier molecular flexibility index (Phi) is 4.03. The number of aromatic nitrogens is 1. The molecule has 3 nitrogen and oxygen atoms in total. The lowest BCUT2D eigenvalue weighted by Crippen LogP contribution is -2.33. The summed E-state index contributed by atoms with van der Waals surface area (Å²) in [6.45, 7) is 8.46. The van der Waals surface area contributed by atoms with E-state index in [0.717, 1.165) is 43.6 Å². The predicted molar refractivity (Wildman–Crippen MR) is 73.4 cm³/mol. The molecule has 0 saturated carbocycles. The molecule has 3 heteroatoms. The summed E-state index contributed by atoms with van der Waals surface area (Å²) >= 11 is 0. The zero-order valence-electron chi connectivity index (χ0n) is 11.7. The largest absolute Gasteiger partial charge is 0.385 e. The van der Waals surface area contributed by atoms with Gasteiger partial charge in [0.1, 0.15) is 0 Å². The molecule has 1 aliphatic rings. The second kappa shape index (κ2) is 5.37. The van der Waals surface area contributed by atoms with E-state index in [1.54, 1.807) is 0 Å². The van der Waals surface area contributed by atoms with Gasteiger partial charge in [-0.3, -0.25) is 4.98 Å². The van der Waals surface area contributed by atoms with Crippen molar-refractivity contribution in [2.24, 2.45) is 0 Å². The molecule has 2 rings (SSSR count). The average molecular weight is 248 g/mol. The normalized spacial score (nSPS) is 26.3. The van der Waals surface area contributed by atoms with Crippen LogP contribution in [0.25, 0.3) is 0 Å². The molecule has 0 spiro atoms. The van der Waals surface area contributed by atoms with Gasteiger partial charge < -0.3 is 10.0 Å². The van der Waals surface area contributed by atoms with E-state index in [-0.39, 0.29) is 0 Å². The Hall–Kier alpha value is -0.930. The molecular weight excluding hydrogens is 224 g/mol. The van der Waals surface area contributed by atoms with Crippen molar-refractivity contribution in [2.45, 2.75) is 51.7 Å². The van der Waals surface area contributed by atoms with Crippen LogP contribution in [-0.4, -0.2) is 34.1 Å². The third kappa shape index (κ3) is 2.90. The molecule has 0 bridgehead atoms. The van der Waals surface area contributed by atoms with Gasteiger partial charge in [0.2, 0.25) is 0 Å². The highest BCUT2D eigenvalue weighted by molar-refractivity contribution is 5.21. The van der Waals surface area contributed by atoms with Crippen LogP contribution in [0.1, 0.15) is 44.4 Å². The molecule has 2 heterocycles. The first kappa shape index (κ1) is 13.5. The van der Waals surface area contributed by atoms with E-state index in [0.29, 0.717) is 6.04 Å². The third-order valence-corrected chi connectivity index (χ3v) is 4.03. The SMILES string of the molecule is Cc1ccc(C2(O)CCCN(C(C)C)CC2)cn1. The van der Waals surface area contributed by atoms with Gasteiger partial charge in [0.05, 0.1) is 5.60 Å². The molecule has 1 aromatic heterocycles. The maximum atomic E-state index is 10.8. The zero-order chi connectivity index (χ0) is 13.2. The zero-order valence-corrected chi connectivity index (χ0v) is 11.7. The number of pyridine rings is 1. The van der Waals surface area contributed by atoms with E-state index in [1.165, 1.54) is 0 Å². The Labute approximate surface area is 110 Å². The molecule has 0 radical (unpaired) electrons. The number of likely N-dealkylation sites (tertiary alicyclic amines) is 1. The van der Waals surface area contributed by atoms with E-state index in [9.17, 15) is 5.11 Å². The predicted octanol–water partition coefficient (Wildman–Crippen LogP) is 2.47. The van der Waals surface area contributed by atoms with Gasteiger partial charge in [0.15, 0.2) is 0 Å². The summed E-state index contributed by atoms with van der Waals surface area (Å²) in [5.74, 6) is 0. The summed E-state index contributed by atoms with van der Waals surface area (Å²) in [4.78, 5) is 6.75. The monoisotopic (exact) mass is 248 g/mol. The number of aryl methyl sites for hydroxylation is 1. The Morgan fingerprint density at radius 3 is 2.67 bits per heavy atom. The summed E-state index contributed by atoms with van der Waals surface area (Å²) in [5.41, 5.74) is 1.28. The van der Waals surface area contributed by atoms with E-state index >= 15 is 0 Å². The van der Waals surface area contributed by atoms with Crippen LogP contribution in [0.5, 0.6) is 0 Å². The van der Waals surface area contributed by atoms with Gasteiger partial charge in [-0.05, 0) is 52.6 Å². The Balaban J connectivity index is 2.14. The van der Waals surface area contributed by atoms with Crippen molar-refractivity contribution in [1.82, 2.24) is 9.88 Å². The highest BCUT2D eigenvalue weighted by Gasteiger charge is 2.32. The van der Waals surface area contributed by atoms with Crippen LogP contribution >= 0.6 is 0 Å². The molecule has 0 amide bonds. The fraction of sp³-hybridized carbons (Fsp3) is 0.667. The summed E-state index contributed by atoms with van der Waals surface area (Å²) in [6.07, 6.45) is 4.51. The smallest absolute Gasteiger partial charge is 0.0924 e. The van der Waals surface area contributed by atoms with Gasteiger partial charge in [0, 0.05) is 30.0 Å². The van der Waals surface area contributed by atoms with Gasteiger partial charge in [-0.1, -0.05) is 6.07 Å². The maximum Gasteiger partial charge on any atom is 0.0924 e. The van der Waals surface area contributed by atoms with Gasteiger partial charge >= 0.3 is 0 Å². The van der Waals surface area contributed by atoms with Crippen molar-refractivity contribution in [3.8, 4) is 0 Å². The molecule has 1 saturated heterocycles. The van der Waals surface area contributed by atoms with Gasteiger partial charge in [0.25, 0.3) is 0 Å². The van der Waals surface area contributed by atoms with Crippen LogP contribution in [0.3, 0.4) is 0 Å². The minimum atomic E-state index is -0.690. The van der Waals surface area contributed by atoms with E-state index in [2.05, 4.69) is 23.7 Å². The van der Waals surface area contributed by atoms with Crippen LogP contribution in [-0.2, 0) is 5.60 Å². The second-order valence-electron chi connectivity index (χ2n) is 5.70. The number of aliphatic hydroxyl groups is 1. The second-order valence-corrected chi connectivity index (χ2v) is 5.70. The topological polar surface area (TPSA) is 36.4 Å². The van der Waals surface area contributed by atoms with Crippen LogP contribution in [0.2, 0.25) is 0 Å². The lowest BCUT2D eigenvalue weighted by Gasteiger charge is -2.28. The first-order valence-electron chi connectivity index (χ1n) is 6.91. The molecule has 100 valence electrons. The molecule has 1 unspecified atom stereocenters. The average Bonchev–Trinajstić information content (AvgIpc) is 2.53. The molecular formula is C15H24N2O. The first-order chi connectivity index (χ1) is 8.51. The van der Waals surface area contributed by atoms with Crippen molar-refractivity contribution in [3.63, 3.8) is 0 Å². The van der Waals surface area contributed by atoms with Crippen molar-refractivity contribution in [2.75, 3.05) is 13.1 Å². The number of hydrogen-bond acceptors (Lipinski definition) is 3. The lowest BCUT2D eigenvalue weighted by molar-refractivity contribution is 0.0200. The van der Waals surface area contributed by atoms with Crippen LogP contribution in [0, 0.1) is 6.92 Å². The highest BCUT2D eigenvalue weighted by atomic mass is 16.3. The number of hydrogen-bond donors (Lipinski definition) is 1. The summed E-state index contributed by atoms with van der Waals surface area (Å²) in [6, 6.07) is 4.56. The van der Waals surface area contributed by atoms with Crippen LogP contribution in [0.4, 0.5) is 0 Å². The minimum Gasteiger partial charge on any atom is -0.385 e. The van der Waals surface area contributed by atoms with Crippen molar-refractivity contribution < 1.29 is 5.11 Å². The Morgan fingerprint density at radius 1 is 1.28 bits per heavy atom. The van der Waals surface area contributed by atoms with Crippen molar-refractivity contribution in [1.29, 1.82) is 0 Å². The summed E-state index contributed by atoms with van der Waals surface area (Å²) in [5, 5.41) is 10.8. The van der Waals surface area contributed by atoms with Gasteiger partial charge in [-0.25, -0.2) is 0 Å². The number of nitrogens with zero attached hydrogens (tertiary/aromatic N) is 2. The van der Waals surface area contributed by atoms with Crippen molar-refractivity contribution in [3.05, 3.63) is 29.6 Å².